The Morgan fingerprint density at radius 1 is 1.23 bits per heavy atom. The number of nitro groups is 1. The second-order valence-electron chi connectivity index (χ2n) is 6.32. The average Bonchev–Trinajstić information content (AvgIpc) is 2.62. The monoisotopic (exact) mass is 351 g/mol. The first-order valence-electron chi connectivity index (χ1n) is 8.55. The van der Waals surface area contributed by atoms with E-state index in [2.05, 4.69) is 11.1 Å². The molecule has 0 unspecified atom stereocenters. The fourth-order valence-electron chi connectivity index (χ4n) is 3.01. The van der Waals surface area contributed by atoms with Gasteiger partial charge in [0.1, 0.15) is 5.75 Å². The van der Waals surface area contributed by atoms with Crippen LogP contribution in [0.2, 0.25) is 0 Å². The molecular formula is C20H21N3O3. The summed E-state index contributed by atoms with van der Waals surface area (Å²) in [6.45, 7) is 3.26. The van der Waals surface area contributed by atoms with Crippen LogP contribution in [-0.2, 0) is 0 Å². The molecule has 1 aliphatic heterocycles. The quantitative estimate of drug-likeness (QED) is 0.658. The number of hydrogen-bond donors (Lipinski definition) is 1. The van der Waals surface area contributed by atoms with Gasteiger partial charge < -0.3 is 10.0 Å². The lowest BCUT2D eigenvalue weighted by atomic mass is 10.0. The number of allylic oxidation sites excluding steroid dienone is 2. The summed E-state index contributed by atoms with van der Waals surface area (Å²) in [6, 6.07) is 10.3. The van der Waals surface area contributed by atoms with Crippen molar-refractivity contribution in [3.8, 4) is 5.75 Å². The van der Waals surface area contributed by atoms with Crippen molar-refractivity contribution in [2.45, 2.75) is 19.8 Å². The Morgan fingerprint density at radius 2 is 2.00 bits per heavy atom. The van der Waals surface area contributed by atoms with Crippen LogP contribution in [-0.4, -0.2) is 28.1 Å². The van der Waals surface area contributed by atoms with Crippen molar-refractivity contribution in [3.63, 3.8) is 0 Å². The molecule has 0 spiro atoms. The van der Waals surface area contributed by atoms with Gasteiger partial charge in [-0.05, 0) is 43.5 Å². The molecule has 1 aromatic heterocycles. The molecule has 0 bridgehead atoms. The van der Waals surface area contributed by atoms with Crippen LogP contribution in [0, 0.1) is 17.0 Å². The summed E-state index contributed by atoms with van der Waals surface area (Å²) < 4.78 is 0. The van der Waals surface area contributed by atoms with Crippen LogP contribution in [0.25, 0.3) is 6.08 Å². The normalized spacial score (nSPS) is 14.7. The highest BCUT2D eigenvalue weighted by Crippen LogP contribution is 2.29. The topological polar surface area (TPSA) is 79.5 Å². The molecule has 6 heteroatoms. The van der Waals surface area contributed by atoms with E-state index >= 15 is 0 Å². The number of pyridine rings is 1. The van der Waals surface area contributed by atoms with Crippen LogP contribution in [0.15, 0.2) is 54.1 Å². The van der Waals surface area contributed by atoms with Gasteiger partial charge in [0, 0.05) is 24.8 Å². The molecule has 1 saturated heterocycles. The number of aromatic nitrogens is 1. The number of phenolic OH excluding ortho intramolecular Hbond substituents is 1. The summed E-state index contributed by atoms with van der Waals surface area (Å²) in [7, 11) is 0. The van der Waals surface area contributed by atoms with Crippen molar-refractivity contribution in [3.05, 3.63) is 75.5 Å². The van der Waals surface area contributed by atoms with Gasteiger partial charge in [-0.1, -0.05) is 35.9 Å². The minimum Gasteiger partial charge on any atom is -0.508 e. The van der Waals surface area contributed by atoms with E-state index in [1.54, 1.807) is 18.2 Å². The highest BCUT2D eigenvalue weighted by Gasteiger charge is 2.23. The third-order valence-corrected chi connectivity index (χ3v) is 4.39. The molecule has 0 atom stereocenters. The molecule has 1 aliphatic rings. The van der Waals surface area contributed by atoms with Crippen molar-refractivity contribution in [1.29, 1.82) is 0 Å². The zero-order valence-electron chi connectivity index (χ0n) is 14.6. The third kappa shape index (κ3) is 4.27. The minimum absolute atomic E-state index is 0.0619. The summed E-state index contributed by atoms with van der Waals surface area (Å²) in [5.74, 6) is 0.713. The fourth-order valence-corrected chi connectivity index (χ4v) is 3.01. The zero-order chi connectivity index (χ0) is 18.5. The van der Waals surface area contributed by atoms with E-state index in [4.69, 9.17) is 0 Å². The summed E-state index contributed by atoms with van der Waals surface area (Å²) >= 11 is 0. The molecule has 1 N–H and O–H groups in total. The number of benzene rings is 1. The number of aryl methyl sites for hydroxylation is 1. The number of anilines is 1. The fraction of sp³-hybridized carbons (Fsp3) is 0.250. The highest BCUT2D eigenvalue weighted by atomic mass is 16.6. The first-order valence-corrected chi connectivity index (χ1v) is 8.55. The van der Waals surface area contributed by atoms with Crippen LogP contribution in [0.3, 0.4) is 0 Å². The number of phenols is 1. The number of hydrogen-bond acceptors (Lipinski definition) is 5. The molecule has 26 heavy (non-hydrogen) atoms. The van der Waals surface area contributed by atoms with Crippen LogP contribution < -0.4 is 4.90 Å². The maximum absolute atomic E-state index is 11.2. The van der Waals surface area contributed by atoms with Gasteiger partial charge in [0.25, 0.3) is 0 Å². The largest absolute Gasteiger partial charge is 0.508 e. The highest BCUT2D eigenvalue weighted by molar-refractivity contribution is 5.59. The predicted octanol–water partition coefficient (Wildman–Crippen LogP) is 4.24. The first kappa shape index (κ1) is 17.7. The van der Waals surface area contributed by atoms with Crippen LogP contribution in [0.1, 0.15) is 24.1 Å². The molecule has 6 nitrogen and oxygen atoms in total. The van der Waals surface area contributed by atoms with E-state index in [-0.39, 0.29) is 16.4 Å². The van der Waals surface area contributed by atoms with Crippen LogP contribution >= 0.6 is 0 Å². The minimum atomic E-state index is -0.370. The Morgan fingerprint density at radius 3 is 2.69 bits per heavy atom. The van der Waals surface area contributed by atoms with Gasteiger partial charge in [0.05, 0.1) is 4.92 Å². The predicted molar refractivity (Wildman–Crippen MR) is 102 cm³/mol. The Balaban J connectivity index is 1.66. The Kier molecular flexibility index (Phi) is 5.31. The van der Waals surface area contributed by atoms with E-state index < -0.39 is 0 Å². The van der Waals surface area contributed by atoms with Gasteiger partial charge >= 0.3 is 5.69 Å². The number of rotatable bonds is 4. The molecule has 0 radical (unpaired) electrons. The molecule has 3 rings (SSSR count). The van der Waals surface area contributed by atoms with Gasteiger partial charge in [-0.15, -0.1) is 0 Å². The Labute approximate surface area is 152 Å². The lowest BCUT2D eigenvalue weighted by Gasteiger charge is -2.29. The van der Waals surface area contributed by atoms with Crippen molar-refractivity contribution in [2.24, 2.45) is 0 Å². The van der Waals surface area contributed by atoms with Gasteiger partial charge in [0.2, 0.25) is 5.82 Å². The van der Waals surface area contributed by atoms with E-state index in [1.807, 2.05) is 36.1 Å². The zero-order valence-corrected chi connectivity index (χ0v) is 14.6. The lowest BCUT2D eigenvalue weighted by Crippen LogP contribution is -2.32. The maximum atomic E-state index is 11.2. The Hall–Kier alpha value is -3.15. The van der Waals surface area contributed by atoms with Crippen molar-refractivity contribution >= 4 is 17.6 Å². The summed E-state index contributed by atoms with van der Waals surface area (Å²) in [4.78, 5) is 17.2. The maximum Gasteiger partial charge on any atom is 0.311 e. The van der Waals surface area contributed by atoms with Crippen molar-refractivity contribution < 1.29 is 10.0 Å². The average molecular weight is 351 g/mol. The summed E-state index contributed by atoms with van der Waals surface area (Å²) in [5, 5.41) is 20.7. The molecule has 1 aromatic carbocycles. The Bertz CT molecular complexity index is 864. The van der Waals surface area contributed by atoms with Crippen LogP contribution in [0.4, 0.5) is 11.5 Å². The third-order valence-electron chi connectivity index (χ3n) is 4.39. The van der Waals surface area contributed by atoms with Gasteiger partial charge in [-0.2, -0.15) is 0 Å². The smallest absolute Gasteiger partial charge is 0.311 e. The number of nitrogens with zero attached hydrogens (tertiary/aromatic N) is 3. The van der Waals surface area contributed by atoms with E-state index in [1.165, 1.54) is 11.6 Å². The lowest BCUT2D eigenvalue weighted by molar-refractivity contribution is -0.384. The van der Waals surface area contributed by atoms with Crippen LogP contribution in [0.5, 0.6) is 5.75 Å². The van der Waals surface area contributed by atoms with Crippen molar-refractivity contribution in [2.75, 3.05) is 18.0 Å². The first-order chi connectivity index (χ1) is 12.5. The van der Waals surface area contributed by atoms with Gasteiger partial charge in [0.15, 0.2) is 0 Å². The number of aromatic hydroxyl groups is 1. The van der Waals surface area contributed by atoms with Gasteiger partial charge in [-0.25, -0.2) is 4.98 Å². The summed E-state index contributed by atoms with van der Waals surface area (Å²) in [6.07, 6.45) is 7.70. The summed E-state index contributed by atoms with van der Waals surface area (Å²) in [5.41, 5.74) is 3.08. The molecule has 1 fully saturated rings. The molecule has 0 saturated carbocycles. The second kappa shape index (κ2) is 7.82. The molecule has 0 amide bonds. The SMILES string of the molecule is Cc1ccc([N+](=O)[O-])c(N2CCC(=C/C=C/c3cccc(O)c3)CC2)n1. The van der Waals surface area contributed by atoms with Crippen molar-refractivity contribution in [1.82, 2.24) is 4.98 Å². The second-order valence-corrected chi connectivity index (χ2v) is 6.32. The van der Waals surface area contributed by atoms with E-state index in [9.17, 15) is 15.2 Å². The van der Waals surface area contributed by atoms with E-state index in [0.717, 1.165) is 24.1 Å². The molecule has 134 valence electrons. The standard InChI is InChI=1S/C20H21N3O3/c1-15-8-9-19(23(25)26)20(21-15)22-12-10-16(11-13-22)4-2-5-17-6-3-7-18(24)14-17/h2-9,14,24H,10-13H2,1H3/b5-2+. The van der Waals surface area contributed by atoms with Gasteiger partial charge in [-0.3, -0.25) is 10.1 Å². The number of piperidine rings is 1. The molecular weight excluding hydrogens is 330 g/mol. The van der Waals surface area contributed by atoms with E-state index in [0.29, 0.717) is 18.9 Å². The molecule has 2 heterocycles. The molecule has 0 aliphatic carbocycles. The molecule has 2 aromatic rings.